The fourth-order valence-corrected chi connectivity index (χ4v) is 2.23. The molecule has 3 nitrogen and oxygen atoms in total. The van der Waals surface area contributed by atoms with Crippen molar-refractivity contribution in [3.05, 3.63) is 29.3 Å². The van der Waals surface area contributed by atoms with Gasteiger partial charge in [0, 0.05) is 23.9 Å². The van der Waals surface area contributed by atoms with Crippen LogP contribution in [0.4, 0.5) is 0 Å². The predicted molar refractivity (Wildman–Crippen MR) is 77.8 cm³/mol. The lowest BCUT2D eigenvalue weighted by molar-refractivity contribution is 0.181. The first-order valence-corrected chi connectivity index (χ1v) is 6.96. The van der Waals surface area contributed by atoms with Crippen molar-refractivity contribution in [2.45, 2.75) is 45.1 Å². The highest BCUT2D eigenvalue weighted by Crippen LogP contribution is 2.31. The topological polar surface area (TPSA) is 41.5 Å². The molecule has 2 N–H and O–H groups in total. The summed E-state index contributed by atoms with van der Waals surface area (Å²) in [6.07, 6.45) is 1.01. The highest BCUT2D eigenvalue weighted by Gasteiger charge is 2.26. The maximum absolute atomic E-state index is 9.31. The zero-order valence-corrected chi connectivity index (χ0v) is 12.4. The van der Waals surface area contributed by atoms with Gasteiger partial charge in [-0.25, -0.2) is 0 Å². The number of fused-ring (bicyclic) bond motifs is 1. The minimum atomic E-state index is -0.239. The van der Waals surface area contributed by atoms with E-state index in [0.717, 1.165) is 25.3 Å². The van der Waals surface area contributed by atoms with E-state index < -0.39 is 0 Å². The first-order chi connectivity index (χ1) is 8.84. The van der Waals surface area contributed by atoms with Gasteiger partial charge in [0.2, 0.25) is 0 Å². The largest absolute Gasteiger partial charge is 0.493 e. The molecule has 2 rings (SSSR count). The molecule has 1 aliphatic rings. The summed E-state index contributed by atoms with van der Waals surface area (Å²) >= 11 is 0. The summed E-state index contributed by atoms with van der Waals surface area (Å²) in [5.41, 5.74) is 2.42. The van der Waals surface area contributed by atoms with Crippen LogP contribution >= 0.6 is 0 Å². The van der Waals surface area contributed by atoms with E-state index in [0.29, 0.717) is 0 Å². The fourth-order valence-electron chi connectivity index (χ4n) is 2.23. The van der Waals surface area contributed by atoms with E-state index in [9.17, 15) is 5.11 Å². The normalized spacial score (nSPS) is 15.2. The molecule has 1 heterocycles. The highest BCUT2D eigenvalue weighted by molar-refractivity contribution is 5.42. The molecule has 106 valence electrons. The molecule has 3 heteroatoms. The van der Waals surface area contributed by atoms with Crippen LogP contribution in [0.15, 0.2) is 18.2 Å². The van der Waals surface area contributed by atoms with E-state index in [4.69, 9.17) is 4.74 Å². The predicted octanol–water partition coefficient (Wildman–Crippen LogP) is 2.26. The SMILES string of the molecule is CC(C)(CO)NCC(C)(C)c1ccc2c(c1)CCO2. The third-order valence-electron chi connectivity index (χ3n) is 3.88. The summed E-state index contributed by atoms with van der Waals surface area (Å²) in [4.78, 5) is 0. The number of rotatable bonds is 5. The van der Waals surface area contributed by atoms with Crippen molar-refractivity contribution in [2.75, 3.05) is 19.8 Å². The zero-order valence-electron chi connectivity index (χ0n) is 12.4. The average molecular weight is 263 g/mol. The van der Waals surface area contributed by atoms with Crippen molar-refractivity contribution in [2.24, 2.45) is 0 Å². The number of hydrogen-bond donors (Lipinski definition) is 2. The van der Waals surface area contributed by atoms with Crippen molar-refractivity contribution < 1.29 is 9.84 Å². The Balaban J connectivity index is 2.11. The van der Waals surface area contributed by atoms with E-state index in [1.807, 2.05) is 13.8 Å². The van der Waals surface area contributed by atoms with Crippen LogP contribution < -0.4 is 10.1 Å². The quantitative estimate of drug-likeness (QED) is 0.856. The Kier molecular flexibility index (Phi) is 3.88. The van der Waals surface area contributed by atoms with Gasteiger partial charge in [0.1, 0.15) is 5.75 Å². The van der Waals surface area contributed by atoms with Crippen LogP contribution in [0.1, 0.15) is 38.8 Å². The number of aliphatic hydroxyl groups excluding tert-OH is 1. The van der Waals surface area contributed by atoms with Crippen LogP contribution in [-0.2, 0) is 11.8 Å². The second-order valence-electron chi connectivity index (χ2n) is 6.70. The first kappa shape index (κ1) is 14.4. The minimum Gasteiger partial charge on any atom is -0.493 e. The molecule has 0 radical (unpaired) electrons. The summed E-state index contributed by atoms with van der Waals surface area (Å²) in [5, 5.41) is 12.7. The van der Waals surface area contributed by atoms with Crippen LogP contribution in [0.3, 0.4) is 0 Å². The molecular formula is C16H25NO2. The van der Waals surface area contributed by atoms with Crippen molar-refractivity contribution in [1.82, 2.24) is 5.32 Å². The van der Waals surface area contributed by atoms with Crippen molar-refractivity contribution >= 4 is 0 Å². The van der Waals surface area contributed by atoms with Crippen LogP contribution in [0, 0.1) is 0 Å². The molecule has 0 amide bonds. The van der Waals surface area contributed by atoms with Gasteiger partial charge in [-0.3, -0.25) is 0 Å². The second-order valence-corrected chi connectivity index (χ2v) is 6.70. The van der Waals surface area contributed by atoms with Gasteiger partial charge >= 0.3 is 0 Å². The average Bonchev–Trinajstić information content (AvgIpc) is 2.84. The molecule has 0 spiro atoms. The van der Waals surface area contributed by atoms with Gasteiger partial charge in [0.15, 0.2) is 0 Å². The van der Waals surface area contributed by atoms with Crippen LogP contribution in [0.2, 0.25) is 0 Å². The van der Waals surface area contributed by atoms with E-state index in [1.165, 1.54) is 11.1 Å². The number of nitrogens with one attached hydrogen (secondary N) is 1. The lowest BCUT2D eigenvalue weighted by atomic mass is 9.83. The lowest BCUT2D eigenvalue weighted by Gasteiger charge is -2.32. The summed E-state index contributed by atoms with van der Waals surface area (Å²) in [6.45, 7) is 10.3. The zero-order chi connectivity index (χ0) is 14.1. The van der Waals surface area contributed by atoms with E-state index >= 15 is 0 Å². The Morgan fingerprint density at radius 1 is 1.26 bits per heavy atom. The first-order valence-electron chi connectivity index (χ1n) is 6.96. The van der Waals surface area contributed by atoms with Crippen LogP contribution in [0.25, 0.3) is 0 Å². The Morgan fingerprint density at radius 3 is 2.68 bits per heavy atom. The third kappa shape index (κ3) is 3.28. The minimum absolute atomic E-state index is 0.0318. The molecule has 0 atom stereocenters. The maximum Gasteiger partial charge on any atom is 0.122 e. The molecule has 0 unspecified atom stereocenters. The van der Waals surface area contributed by atoms with Crippen LogP contribution in [-0.4, -0.2) is 30.4 Å². The molecule has 19 heavy (non-hydrogen) atoms. The third-order valence-corrected chi connectivity index (χ3v) is 3.88. The maximum atomic E-state index is 9.31. The second kappa shape index (κ2) is 5.14. The molecule has 1 aliphatic heterocycles. The van der Waals surface area contributed by atoms with Crippen molar-refractivity contribution in [3.8, 4) is 5.75 Å². The van der Waals surface area contributed by atoms with E-state index in [1.54, 1.807) is 0 Å². The number of aliphatic hydroxyl groups is 1. The monoisotopic (exact) mass is 263 g/mol. The molecule has 1 aromatic rings. The molecule has 1 aromatic carbocycles. The van der Waals surface area contributed by atoms with Gasteiger partial charge in [-0.2, -0.15) is 0 Å². The van der Waals surface area contributed by atoms with Gasteiger partial charge in [-0.15, -0.1) is 0 Å². The van der Waals surface area contributed by atoms with Gasteiger partial charge in [0.05, 0.1) is 13.2 Å². The Morgan fingerprint density at radius 2 is 2.00 bits per heavy atom. The van der Waals surface area contributed by atoms with Gasteiger partial charge in [-0.05, 0) is 31.0 Å². The molecule has 0 aliphatic carbocycles. The summed E-state index contributed by atoms with van der Waals surface area (Å²) in [5.74, 6) is 1.03. The molecule has 0 saturated heterocycles. The summed E-state index contributed by atoms with van der Waals surface area (Å²) < 4.78 is 5.55. The van der Waals surface area contributed by atoms with Gasteiger partial charge in [0.25, 0.3) is 0 Å². The summed E-state index contributed by atoms with van der Waals surface area (Å²) in [6, 6.07) is 6.49. The number of hydrogen-bond acceptors (Lipinski definition) is 3. The molecule has 0 bridgehead atoms. The number of ether oxygens (including phenoxy) is 1. The fraction of sp³-hybridized carbons (Fsp3) is 0.625. The Hall–Kier alpha value is -1.06. The van der Waals surface area contributed by atoms with Crippen molar-refractivity contribution in [3.63, 3.8) is 0 Å². The van der Waals surface area contributed by atoms with Gasteiger partial charge in [-0.1, -0.05) is 26.0 Å². The highest BCUT2D eigenvalue weighted by atomic mass is 16.5. The smallest absolute Gasteiger partial charge is 0.122 e. The Labute approximate surface area is 116 Å². The molecule has 0 saturated carbocycles. The molecule has 0 aromatic heterocycles. The summed E-state index contributed by atoms with van der Waals surface area (Å²) in [7, 11) is 0. The Bertz CT molecular complexity index is 452. The van der Waals surface area contributed by atoms with E-state index in [-0.39, 0.29) is 17.6 Å². The van der Waals surface area contributed by atoms with Gasteiger partial charge < -0.3 is 15.2 Å². The van der Waals surface area contributed by atoms with E-state index in [2.05, 4.69) is 37.4 Å². The molecular weight excluding hydrogens is 238 g/mol. The van der Waals surface area contributed by atoms with Crippen molar-refractivity contribution in [1.29, 1.82) is 0 Å². The van der Waals surface area contributed by atoms with Crippen LogP contribution in [0.5, 0.6) is 5.75 Å². The molecule has 0 fully saturated rings. The standard InChI is InChI=1S/C16H25NO2/c1-15(2,10-17-16(3,4)11-18)13-5-6-14-12(9-13)7-8-19-14/h5-6,9,17-18H,7-8,10-11H2,1-4H3. The lowest BCUT2D eigenvalue weighted by Crippen LogP contribution is -2.48. The number of benzene rings is 1.